The van der Waals surface area contributed by atoms with Crippen LogP contribution in [0.15, 0.2) is 128 Å². The highest BCUT2D eigenvalue weighted by molar-refractivity contribution is 5.96. The molecular formula is C56H55F6N5O15. The van der Waals surface area contributed by atoms with E-state index in [1.165, 1.54) is 34.6 Å². The largest absolute Gasteiger partial charge is 0.493 e. The van der Waals surface area contributed by atoms with E-state index in [4.69, 9.17) is 28.4 Å². The Morgan fingerprint density at radius 2 is 1.11 bits per heavy atom. The van der Waals surface area contributed by atoms with E-state index in [-0.39, 0.29) is 85.2 Å². The standard InChI is InChI=1S/C36H38F3N3O9.C20H17F3N2O6/c1-4-49-33(43)19-25-10-13-31(32(18-25)48-3)51-27-14-16-40(17-15-27)34(44)35(36(37,38)39,50-23-47-2)29-22-41(21-24-8-6-5-7-9-24)30-20-26(42(45)46)11-12-28(29)30;1-30-12-31-19(18(26)27,20(21,22)23)16-11-24(10-13-5-3-2-4-6-13)17-9-14(25(28)29)7-8-15(16)17/h5-13,18,20,22,27H,4,14-17,19,21,23H2,1-3H3;2-9,11H,10,12H2,1H3,(H,26,27). The maximum Gasteiger partial charge on any atom is 0.432 e. The number of likely N-dealkylation sites (tertiary alicyclic amines) is 1. The Balaban J connectivity index is 0.000000266. The van der Waals surface area contributed by atoms with Crippen LogP contribution in [0.5, 0.6) is 11.5 Å². The number of aromatic nitrogens is 2. The summed E-state index contributed by atoms with van der Waals surface area (Å²) in [6.45, 7) is 0.107. The van der Waals surface area contributed by atoms with Gasteiger partial charge in [0, 0.05) is 112 Å². The molecule has 5 aromatic carbocycles. The number of hydrogen-bond acceptors (Lipinski definition) is 14. The highest BCUT2D eigenvalue weighted by Crippen LogP contribution is 2.49. The van der Waals surface area contributed by atoms with Crippen molar-refractivity contribution in [2.24, 2.45) is 0 Å². The van der Waals surface area contributed by atoms with Gasteiger partial charge >= 0.3 is 24.3 Å². The molecule has 1 fully saturated rings. The lowest BCUT2D eigenvalue weighted by Crippen LogP contribution is -2.59. The van der Waals surface area contributed by atoms with Crippen LogP contribution in [0.25, 0.3) is 21.8 Å². The lowest BCUT2D eigenvalue weighted by molar-refractivity contribution is -0.384. The summed E-state index contributed by atoms with van der Waals surface area (Å²) >= 11 is 0. The zero-order chi connectivity index (χ0) is 59.6. The number of methoxy groups -OCH3 is 3. The third-order valence-electron chi connectivity index (χ3n) is 13.4. The predicted molar refractivity (Wildman–Crippen MR) is 281 cm³/mol. The van der Waals surface area contributed by atoms with Gasteiger partial charge in [-0.3, -0.25) is 29.8 Å². The summed E-state index contributed by atoms with van der Waals surface area (Å²) in [6.07, 6.45) is -8.49. The molecule has 2 aromatic heterocycles. The molecule has 1 saturated heterocycles. The number of nitro benzene ring substituents is 2. The SMILES string of the molecule is CCOC(=O)Cc1ccc(OC2CCN(C(=O)C(OCOC)(c3cn(Cc4ccccc4)c4cc([N+](=O)[O-])ccc34)C(F)(F)F)CC2)c(OC)c1.COCOC(C(=O)O)(c1cn(Cc2ccccc2)c2cc([N+](=O)[O-])ccc12)C(F)(F)F. The maximum atomic E-state index is 15.6. The van der Waals surface area contributed by atoms with E-state index in [9.17, 15) is 52.9 Å². The van der Waals surface area contributed by atoms with Gasteiger partial charge in [-0.25, -0.2) is 4.79 Å². The van der Waals surface area contributed by atoms with E-state index >= 15 is 13.2 Å². The van der Waals surface area contributed by atoms with Gasteiger partial charge < -0.3 is 52.3 Å². The average molecular weight is 1150 g/mol. The lowest BCUT2D eigenvalue weighted by Gasteiger charge is -2.40. The van der Waals surface area contributed by atoms with Gasteiger partial charge in [0.05, 0.1) is 41.0 Å². The van der Waals surface area contributed by atoms with Crippen molar-refractivity contribution < 1.29 is 88.8 Å². The van der Waals surface area contributed by atoms with Gasteiger partial charge in [0.15, 0.2) is 11.5 Å². The lowest BCUT2D eigenvalue weighted by atomic mass is 9.89. The van der Waals surface area contributed by atoms with E-state index in [2.05, 4.69) is 4.74 Å². The number of non-ortho nitro benzene ring substituents is 2. The second kappa shape index (κ2) is 25.9. The van der Waals surface area contributed by atoms with Gasteiger partial charge in [0.25, 0.3) is 28.5 Å². The van der Waals surface area contributed by atoms with Crippen molar-refractivity contribution in [3.8, 4) is 11.5 Å². The van der Waals surface area contributed by atoms with Crippen molar-refractivity contribution in [2.75, 3.05) is 54.6 Å². The number of benzene rings is 5. The van der Waals surface area contributed by atoms with Crippen molar-refractivity contribution in [1.29, 1.82) is 0 Å². The van der Waals surface area contributed by atoms with Crippen LogP contribution in [0.4, 0.5) is 37.7 Å². The minimum absolute atomic E-state index is 0.0324. The molecule has 0 radical (unpaired) electrons. The first-order valence-corrected chi connectivity index (χ1v) is 25.1. The molecule has 20 nitrogen and oxygen atoms in total. The number of nitro groups is 2. The van der Waals surface area contributed by atoms with Gasteiger partial charge in [-0.05, 0) is 47.9 Å². The highest BCUT2D eigenvalue weighted by atomic mass is 19.4. The molecule has 7 aromatic rings. The predicted octanol–water partition coefficient (Wildman–Crippen LogP) is 10.2. The van der Waals surface area contributed by atoms with Crippen LogP contribution in [0.3, 0.4) is 0 Å². The Kier molecular flexibility index (Phi) is 19.3. The van der Waals surface area contributed by atoms with Gasteiger partial charge in [-0.1, -0.05) is 66.7 Å². The fourth-order valence-corrected chi connectivity index (χ4v) is 9.56. The molecular weight excluding hydrogens is 1100 g/mol. The number of alkyl halides is 6. The third-order valence-corrected chi connectivity index (χ3v) is 13.4. The molecule has 0 spiro atoms. The van der Waals surface area contributed by atoms with E-state index in [0.29, 0.717) is 22.6 Å². The van der Waals surface area contributed by atoms with Crippen molar-refractivity contribution in [1.82, 2.24) is 14.0 Å². The molecule has 82 heavy (non-hydrogen) atoms. The van der Waals surface area contributed by atoms with Gasteiger partial charge in [-0.15, -0.1) is 0 Å². The number of carbonyl (C=O) groups excluding carboxylic acids is 2. The number of amides is 1. The van der Waals surface area contributed by atoms with Gasteiger partial charge in [0.2, 0.25) is 0 Å². The Morgan fingerprint density at radius 1 is 0.634 bits per heavy atom. The normalized spacial score (nSPS) is 14.5. The fraction of sp³-hybridized carbons (Fsp3) is 0.339. The van der Waals surface area contributed by atoms with Crippen LogP contribution in [0.2, 0.25) is 0 Å². The van der Waals surface area contributed by atoms with Crippen LogP contribution < -0.4 is 9.47 Å². The Labute approximate surface area is 463 Å². The van der Waals surface area contributed by atoms with E-state index in [0.717, 1.165) is 55.1 Å². The molecule has 2 unspecified atom stereocenters. The molecule has 0 aliphatic carbocycles. The van der Waals surface area contributed by atoms with Crippen molar-refractivity contribution in [2.45, 2.75) is 68.9 Å². The van der Waals surface area contributed by atoms with Crippen molar-refractivity contribution in [3.63, 3.8) is 0 Å². The molecule has 2 atom stereocenters. The van der Waals surface area contributed by atoms with Crippen LogP contribution >= 0.6 is 0 Å². The molecule has 3 heterocycles. The number of fused-ring (bicyclic) bond motifs is 2. The molecule has 1 N–H and O–H groups in total. The van der Waals surface area contributed by atoms with E-state index < -0.39 is 82.1 Å². The first kappa shape index (κ1) is 61.0. The summed E-state index contributed by atoms with van der Waals surface area (Å²) in [7, 11) is 3.66. The molecule has 1 aliphatic rings. The minimum atomic E-state index is -5.36. The zero-order valence-electron chi connectivity index (χ0n) is 44.4. The first-order chi connectivity index (χ1) is 39.0. The van der Waals surface area contributed by atoms with Crippen LogP contribution in [-0.2, 0) is 68.8 Å². The van der Waals surface area contributed by atoms with E-state index in [1.807, 2.05) is 0 Å². The second-order valence-electron chi connectivity index (χ2n) is 18.6. The molecule has 0 saturated carbocycles. The number of piperidine rings is 1. The number of nitrogens with zero attached hydrogens (tertiary/aromatic N) is 5. The first-order valence-electron chi connectivity index (χ1n) is 25.1. The Morgan fingerprint density at radius 3 is 1.54 bits per heavy atom. The number of carbonyl (C=O) groups is 3. The highest BCUT2D eigenvalue weighted by Gasteiger charge is 2.66. The topological polar surface area (TPSA) is 235 Å². The van der Waals surface area contributed by atoms with E-state index in [1.54, 1.807) is 85.8 Å². The fourth-order valence-electron chi connectivity index (χ4n) is 9.56. The number of esters is 1. The van der Waals surface area contributed by atoms with Crippen LogP contribution in [0.1, 0.15) is 47.6 Å². The minimum Gasteiger partial charge on any atom is -0.493 e. The van der Waals surface area contributed by atoms with Crippen molar-refractivity contribution >= 4 is 51.0 Å². The summed E-state index contributed by atoms with van der Waals surface area (Å²) in [5.41, 5.74) is -6.88. The summed E-state index contributed by atoms with van der Waals surface area (Å²) < 4.78 is 128. The molecule has 1 amide bonds. The number of carboxylic acid groups (broad SMARTS) is 1. The quantitative estimate of drug-likeness (QED) is 0.0218. The third kappa shape index (κ3) is 12.9. The number of hydrogen-bond donors (Lipinski definition) is 1. The average Bonchev–Trinajstić information content (AvgIpc) is 3.12. The molecule has 0 bridgehead atoms. The van der Waals surface area contributed by atoms with Gasteiger partial charge in [-0.2, -0.15) is 26.3 Å². The second-order valence-corrected chi connectivity index (χ2v) is 18.6. The van der Waals surface area contributed by atoms with Gasteiger partial charge in [0.1, 0.15) is 19.7 Å². The number of ether oxygens (including phenoxy) is 7. The van der Waals surface area contributed by atoms with Crippen LogP contribution in [-0.4, -0.2) is 120 Å². The summed E-state index contributed by atoms with van der Waals surface area (Å²) in [6, 6.07) is 29.2. The summed E-state index contributed by atoms with van der Waals surface area (Å²) in [4.78, 5) is 60.8. The molecule has 26 heteroatoms. The summed E-state index contributed by atoms with van der Waals surface area (Å²) in [5.74, 6) is -3.27. The number of halogens is 6. The molecule has 1 aliphatic heterocycles. The summed E-state index contributed by atoms with van der Waals surface area (Å²) in [5, 5.41) is 32.3. The van der Waals surface area contributed by atoms with Crippen molar-refractivity contribution in [3.05, 3.63) is 176 Å². The maximum absolute atomic E-state index is 15.6. The van der Waals surface area contributed by atoms with Crippen LogP contribution in [0, 0.1) is 20.2 Å². The monoisotopic (exact) mass is 1150 g/mol. The smallest absolute Gasteiger partial charge is 0.432 e. The molecule has 8 rings (SSSR count). The number of carboxylic acids is 1. The Bertz CT molecular complexity index is 3400. The molecule has 436 valence electrons. The zero-order valence-corrected chi connectivity index (χ0v) is 44.4. The Hall–Kier alpha value is -8.59. The number of rotatable bonds is 22. The number of aliphatic carboxylic acids is 1.